The van der Waals surface area contributed by atoms with Crippen molar-refractivity contribution in [3.63, 3.8) is 0 Å². The standard InChI is InChI=1S/C18H23NO7S/c1-13(20)14-4-6-16(7-5-14)25-9-2-3-18(22)26-11-17(21)19-15-8-10-27(23,24)12-15/h4-7,15H,2-3,8-12H2,1H3,(H,19,21)/t15-/m0/s1. The van der Waals surface area contributed by atoms with E-state index in [9.17, 15) is 22.8 Å². The quantitative estimate of drug-likeness (QED) is 0.374. The minimum Gasteiger partial charge on any atom is -0.494 e. The second kappa shape index (κ2) is 9.50. The van der Waals surface area contributed by atoms with Crippen molar-refractivity contribution in [1.82, 2.24) is 5.32 Å². The monoisotopic (exact) mass is 397 g/mol. The normalized spacial score (nSPS) is 17.9. The SMILES string of the molecule is CC(=O)c1ccc(OCCCC(=O)OCC(=O)N[C@H]2CCS(=O)(=O)C2)cc1. The second-order valence-corrected chi connectivity index (χ2v) is 8.59. The molecule has 1 amide bonds. The first-order chi connectivity index (χ1) is 12.7. The number of esters is 1. The number of hydrogen-bond acceptors (Lipinski definition) is 7. The van der Waals surface area contributed by atoms with Gasteiger partial charge in [0, 0.05) is 18.0 Å². The van der Waals surface area contributed by atoms with Gasteiger partial charge in [-0.05, 0) is 44.0 Å². The molecule has 1 atom stereocenters. The molecule has 0 bridgehead atoms. The molecule has 0 radical (unpaired) electrons. The molecule has 1 aromatic carbocycles. The highest BCUT2D eigenvalue weighted by Gasteiger charge is 2.28. The third-order valence-corrected chi connectivity index (χ3v) is 5.78. The van der Waals surface area contributed by atoms with Gasteiger partial charge in [0.05, 0.1) is 18.1 Å². The summed E-state index contributed by atoms with van der Waals surface area (Å²) in [5, 5.41) is 2.55. The molecule has 0 saturated carbocycles. The summed E-state index contributed by atoms with van der Waals surface area (Å²) in [6.07, 6.45) is 0.888. The van der Waals surface area contributed by atoms with Gasteiger partial charge in [-0.15, -0.1) is 0 Å². The Kier molecular flexibility index (Phi) is 7.35. The maximum atomic E-state index is 11.7. The molecule has 1 saturated heterocycles. The van der Waals surface area contributed by atoms with Crippen molar-refractivity contribution in [3.05, 3.63) is 29.8 Å². The highest BCUT2D eigenvalue weighted by molar-refractivity contribution is 7.91. The smallest absolute Gasteiger partial charge is 0.306 e. The Morgan fingerprint density at radius 2 is 1.89 bits per heavy atom. The Bertz CT molecular complexity index is 786. The van der Waals surface area contributed by atoms with Crippen molar-refractivity contribution in [2.45, 2.75) is 32.2 Å². The molecule has 2 rings (SSSR count). The maximum Gasteiger partial charge on any atom is 0.306 e. The van der Waals surface area contributed by atoms with Crippen molar-refractivity contribution >= 4 is 27.5 Å². The molecule has 1 fully saturated rings. The van der Waals surface area contributed by atoms with E-state index in [0.29, 0.717) is 30.8 Å². The maximum absolute atomic E-state index is 11.7. The summed E-state index contributed by atoms with van der Waals surface area (Å²) < 4.78 is 33.0. The van der Waals surface area contributed by atoms with E-state index in [2.05, 4.69) is 5.32 Å². The highest BCUT2D eigenvalue weighted by Crippen LogP contribution is 2.13. The van der Waals surface area contributed by atoms with Crippen molar-refractivity contribution in [2.75, 3.05) is 24.7 Å². The summed E-state index contributed by atoms with van der Waals surface area (Å²) in [6.45, 7) is 1.35. The number of carbonyl (C=O) groups excluding carboxylic acids is 3. The lowest BCUT2D eigenvalue weighted by Gasteiger charge is -2.11. The second-order valence-electron chi connectivity index (χ2n) is 6.36. The number of benzene rings is 1. The molecule has 27 heavy (non-hydrogen) atoms. The first kappa shape index (κ1) is 20.9. The Morgan fingerprint density at radius 3 is 2.48 bits per heavy atom. The van der Waals surface area contributed by atoms with Crippen LogP contribution in [0.4, 0.5) is 0 Å². The zero-order valence-electron chi connectivity index (χ0n) is 15.1. The van der Waals surface area contributed by atoms with Gasteiger partial charge in [-0.2, -0.15) is 0 Å². The van der Waals surface area contributed by atoms with E-state index in [4.69, 9.17) is 9.47 Å². The number of nitrogens with one attached hydrogen (secondary N) is 1. The number of Topliss-reactive ketones (excluding diaryl/α,β-unsaturated/α-hetero) is 1. The van der Waals surface area contributed by atoms with Gasteiger partial charge in [0.15, 0.2) is 22.2 Å². The number of hydrogen-bond donors (Lipinski definition) is 1. The van der Waals surface area contributed by atoms with Gasteiger partial charge in [-0.25, -0.2) is 8.42 Å². The summed E-state index contributed by atoms with van der Waals surface area (Å²) in [5.74, 6) is -0.471. The predicted octanol–water partition coefficient (Wildman–Crippen LogP) is 0.895. The first-order valence-electron chi connectivity index (χ1n) is 8.64. The molecule has 0 aromatic heterocycles. The Labute approximate surface area is 158 Å². The molecule has 8 nitrogen and oxygen atoms in total. The number of ketones is 1. The van der Waals surface area contributed by atoms with Gasteiger partial charge in [-0.1, -0.05) is 0 Å². The number of amides is 1. The van der Waals surface area contributed by atoms with Crippen LogP contribution in [0.3, 0.4) is 0 Å². The minimum absolute atomic E-state index is 0.0251. The fraction of sp³-hybridized carbons (Fsp3) is 0.500. The number of rotatable bonds is 9. The lowest BCUT2D eigenvalue weighted by Crippen LogP contribution is -2.38. The van der Waals surface area contributed by atoms with Crippen molar-refractivity contribution in [2.24, 2.45) is 0 Å². The lowest BCUT2D eigenvalue weighted by molar-refractivity contribution is -0.148. The fourth-order valence-corrected chi connectivity index (χ4v) is 4.26. The molecule has 1 N–H and O–H groups in total. The van der Waals surface area contributed by atoms with Crippen LogP contribution in [0.15, 0.2) is 24.3 Å². The minimum atomic E-state index is -3.07. The molecule has 1 aliphatic heterocycles. The van der Waals surface area contributed by atoms with E-state index < -0.39 is 34.4 Å². The van der Waals surface area contributed by atoms with Crippen LogP contribution in [0.25, 0.3) is 0 Å². The van der Waals surface area contributed by atoms with E-state index in [1.54, 1.807) is 24.3 Å². The molecule has 1 aromatic rings. The van der Waals surface area contributed by atoms with Gasteiger partial charge in [0.2, 0.25) is 0 Å². The molecule has 148 valence electrons. The highest BCUT2D eigenvalue weighted by atomic mass is 32.2. The molecule has 0 spiro atoms. The van der Waals surface area contributed by atoms with Gasteiger partial charge < -0.3 is 14.8 Å². The summed E-state index contributed by atoms with van der Waals surface area (Å²) in [5.41, 5.74) is 0.597. The average molecular weight is 397 g/mol. The van der Waals surface area contributed by atoms with Gasteiger partial charge in [0.25, 0.3) is 5.91 Å². The van der Waals surface area contributed by atoms with E-state index in [1.807, 2.05) is 0 Å². The van der Waals surface area contributed by atoms with Crippen LogP contribution in [0.2, 0.25) is 0 Å². The Balaban J connectivity index is 1.58. The number of carbonyl (C=O) groups is 3. The summed E-state index contributed by atoms with van der Waals surface area (Å²) in [4.78, 5) is 34.5. The van der Waals surface area contributed by atoms with E-state index in [-0.39, 0.29) is 23.7 Å². The van der Waals surface area contributed by atoms with Gasteiger partial charge in [0.1, 0.15) is 5.75 Å². The number of sulfone groups is 1. The van der Waals surface area contributed by atoms with Crippen molar-refractivity contribution in [1.29, 1.82) is 0 Å². The Morgan fingerprint density at radius 1 is 1.19 bits per heavy atom. The zero-order valence-corrected chi connectivity index (χ0v) is 15.9. The summed E-state index contributed by atoms with van der Waals surface area (Å²) in [6, 6.07) is 6.29. The van der Waals surface area contributed by atoms with Gasteiger partial charge in [-0.3, -0.25) is 14.4 Å². The predicted molar refractivity (Wildman–Crippen MR) is 97.3 cm³/mol. The van der Waals surface area contributed by atoms with Crippen LogP contribution < -0.4 is 10.1 Å². The third kappa shape index (κ3) is 7.38. The lowest BCUT2D eigenvalue weighted by atomic mass is 10.1. The molecule has 1 aliphatic rings. The molecule has 0 unspecified atom stereocenters. The third-order valence-electron chi connectivity index (χ3n) is 4.02. The topological polar surface area (TPSA) is 116 Å². The van der Waals surface area contributed by atoms with Crippen molar-refractivity contribution < 1.29 is 32.3 Å². The van der Waals surface area contributed by atoms with Crippen LogP contribution >= 0.6 is 0 Å². The van der Waals surface area contributed by atoms with Crippen LogP contribution in [-0.2, 0) is 24.2 Å². The molecular formula is C18H23NO7S. The summed E-state index contributed by atoms with van der Waals surface area (Å²) in [7, 11) is -3.07. The van der Waals surface area contributed by atoms with E-state index in [1.165, 1.54) is 6.92 Å². The average Bonchev–Trinajstić information content (AvgIpc) is 2.95. The Hall–Kier alpha value is -2.42. The first-order valence-corrected chi connectivity index (χ1v) is 10.5. The van der Waals surface area contributed by atoms with Crippen LogP contribution in [-0.4, -0.2) is 56.8 Å². The van der Waals surface area contributed by atoms with Crippen LogP contribution in [0, 0.1) is 0 Å². The van der Waals surface area contributed by atoms with E-state index >= 15 is 0 Å². The van der Waals surface area contributed by atoms with Crippen LogP contribution in [0.5, 0.6) is 5.75 Å². The zero-order chi connectivity index (χ0) is 19.9. The largest absolute Gasteiger partial charge is 0.494 e. The van der Waals surface area contributed by atoms with Crippen LogP contribution in [0.1, 0.15) is 36.5 Å². The summed E-state index contributed by atoms with van der Waals surface area (Å²) >= 11 is 0. The van der Waals surface area contributed by atoms with Gasteiger partial charge >= 0.3 is 5.97 Å². The molecular weight excluding hydrogens is 374 g/mol. The molecule has 0 aliphatic carbocycles. The molecule has 1 heterocycles. The number of ether oxygens (including phenoxy) is 2. The van der Waals surface area contributed by atoms with Crippen molar-refractivity contribution in [3.8, 4) is 5.75 Å². The molecule has 9 heteroatoms. The van der Waals surface area contributed by atoms with E-state index in [0.717, 1.165) is 0 Å². The fourth-order valence-electron chi connectivity index (χ4n) is 2.59.